The molecular formula is C15H20N4O. The maximum Gasteiger partial charge on any atom is 0.258 e. The highest BCUT2D eigenvalue weighted by Gasteiger charge is 2.16. The molecule has 0 radical (unpaired) electrons. The second-order valence-corrected chi connectivity index (χ2v) is 5.52. The summed E-state index contributed by atoms with van der Waals surface area (Å²) in [6, 6.07) is 8.01. The number of hydrogen-bond acceptors (Lipinski definition) is 4. The Morgan fingerprint density at radius 2 is 2.25 bits per heavy atom. The lowest BCUT2D eigenvalue weighted by Crippen LogP contribution is -2.35. The lowest BCUT2D eigenvalue weighted by Gasteiger charge is -2.20. The fourth-order valence-electron chi connectivity index (χ4n) is 2.82. The molecule has 1 saturated heterocycles. The van der Waals surface area contributed by atoms with E-state index in [0.29, 0.717) is 18.0 Å². The fourth-order valence-corrected chi connectivity index (χ4v) is 2.82. The van der Waals surface area contributed by atoms with E-state index in [-0.39, 0.29) is 5.56 Å². The number of para-hydroxylation sites is 1. The van der Waals surface area contributed by atoms with Crippen LogP contribution >= 0.6 is 0 Å². The van der Waals surface area contributed by atoms with Crippen molar-refractivity contribution in [2.24, 2.45) is 0 Å². The zero-order valence-electron chi connectivity index (χ0n) is 11.7. The summed E-state index contributed by atoms with van der Waals surface area (Å²) in [5.41, 5.74) is 0.705. The van der Waals surface area contributed by atoms with Crippen molar-refractivity contribution in [1.82, 2.24) is 20.2 Å². The van der Waals surface area contributed by atoms with Gasteiger partial charge in [0.1, 0.15) is 5.82 Å². The van der Waals surface area contributed by atoms with Crippen molar-refractivity contribution in [3.63, 3.8) is 0 Å². The Kier molecular flexibility index (Phi) is 3.80. The molecule has 1 atom stereocenters. The summed E-state index contributed by atoms with van der Waals surface area (Å²) in [5, 5.41) is 4.13. The van der Waals surface area contributed by atoms with Crippen LogP contribution < -0.4 is 10.9 Å². The monoisotopic (exact) mass is 272 g/mol. The van der Waals surface area contributed by atoms with Crippen LogP contribution in [0.2, 0.25) is 0 Å². The minimum Gasteiger partial charge on any atom is -0.313 e. The van der Waals surface area contributed by atoms with Crippen LogP contribution in [0.5, 0.6) is 0 Å². The van der Waals surface area contributed by atoms with E-state index in [9.17, 15) is 4.79 Å². The molecule has 1 aromatic carbocycles. The fraction of sp³-hybridized carbons (Fsp3) is 0.467. The first-order valence-corrected chi connectivity index (χ1v) is 7.12. The minimum atomic E-state index is -0.0574. The molecule has 5 heteroatoms. The van der Waals surface area contributed by atoms with Crippen molar-refractivity contribution in [3.8, 4) is 0 Å². The van der Waals surface area contributed by atoms with Gasteiger partial charge in [0.2, 0.25) is 0 Å². The van der Waals surface area contributed by atoms with Gasteiger partial charge in [0, 0.05) is 12.6 Å². The van der Waals surface area contributed by atoms with E-state index >= 15 is 0 Å². The summed E-state index contributed by atoms with van der Waals surface area (Å²) < 4.78 is 0. The first-order valence-electron chi connectivity index (χ1n) is 7.12. The number of nitrogens with one attached hydrogen (secondary N) is 2. The smallest absolute Gasteiger partial charge is 0.258 e. The van der Waals surface area contributed by atoms with Crippen LogP contribution in [-0.4, -0.2) is 41.0 Å². The molecule has 1 aromatic heterocycles. The van der Waals surface area contributed by atoms with Gasteiger partial charge in [-0.25, -0.2) is 4.98 Å². The van der Waals surface area contributed by atoms with E-state index in [2.05, 4.69) is 27.2 Å². The third kappa shape index (κ3) is 2.89. The Bertz CT molecular complexity index is 646. The predicted octanol–water partition coefficient (Wildman–Crippen LogP) is 1.11. The molecule has 1 aliphatic heterocycles. The number of aromatic nitrogens is 2. The minimum absolute atomic E-state index is 0.0574. The molecule has 0 saturated carbocycles. The van der Waals surface area contributed by atoms with Gasteiger partial charge in [-0.1, -0.05) is 12.1 Å². The SMILES string of the molecule is CN(Cc1nc2ccccc2c(=O)[nH]1)CC1CCCN1. The largest absolute Gasteiger partial charge is 0.313 e. The number of aromatic amines is 1. The maximum absolute atomic E-state index is 12.0. The Morgan fingerprint density at radius 1 is 1.40 bits per heavy atom. The van der Waals surface area contributed by atoms with Crippen molar-refractivity contribution >= 4 is 10.9 Å². The van der Waals surface area contributed by atoms with Gasteiger partial charge in [0.05, 0.1) is 17.4 Å². The normalized spacial score (nSPS) is 19.0. The number of fused-ring (bicyclic) bond motifs is 1. The molecule has 0 aliphatic carbocycles. The Labute approximate surface area is 118 Å². The lowest BCUT2D eigenvalue weighted by atomic mass is 10.2. The van der Waals surface area contributed by atoms with E-state index in [0.717, 1.165) is 24.4 Å². The van der Waals surface area contributed by atoms with Gasteiger partial charge < -0.3 is 10.3 Å². The molecule has 5 nitrogen and oxygen atoms in total. The number of rotatable bonds is 4. The molecule has 3 rings (SSSR count). The number of likely N-dealkylation sites (N-methyl/N-ethyl adjacent to an activating group) is 1. The summed E-state index contributed by atoms with van der Waals surface area (Å²) in [4.78, 5) is 21.6. The molecule has 106 valence electrons. The highest BCUT2D eigenvalue weighted by Crippen LogP contribution is 2.09. The highest BCUT2D eigenvalue weighted by molar-refractivity contribution is 5.77. The van der Waals surface area contributed by atoms with Gasteiger partial charge in [-0.15, -0.1) is 0 Å². The first kappa shape index (κ1) is 13.3. The van der Waals surface area contributed by atoms with Gasteiger partial charge >= 0.3 is 0 Å². The van der Waals surface area contributed by atoms with Crippen LogP contribution in [0.1, 0.15) is 18.7 Å². The molecule has 2 heterocycles. The van der Waals surface area contributed by atoms with Crippen LogP contribution in [0.25, 0.3) is 10.9 Å². The third-order valence-corrected chi connectivity index (χ3v) is 3.78. The molecule has 2 aromatic rings. The first-order chi connectivity index (χ1) is 9.72. The maximum atomic E-state index is 12.0. The molecule has 1 unspecified atom stereocenters. The predicted molar refractivity (Wildman–Crippen MR) is 79.7 cm³/mol. The number of nitrogens with zero attached hydrogens (tertiary/aromatic N) is 2. The van der Waals surface area contributed by atoms with Crippen molar-refractivity contribution in [2.75, 3.05) is 20.1 Å². The zero-order valence-corrected chi connectivity index (χ0v) is 11.7. The van der Waals surface area contributed by atoms with Crippen molar-refractivity contribution < 1.29 is 0 Å². The van der Waals surface area contributed by atoms with Crippen LogP contribution in [0.3, 0.4) is 0 Å². The van der Waals surface area contributed by atoms with E-state index in [4.69, 9.17) is 0 Å². The second kappa shape index (κ2) is 5.73. The van der Waals surface area contributed by atoms with Gasteiger partial charge in [-0.2, -0.15) is 0 Å². The van der Waals surface area contributed by atoms with E-state index in [1.165, 1.54) is 12.8 Å². The second-order valence-electron chi connectivity index (χ2n) is 5.52. The van der Waals surface area contributed by atoms with Crippen molar-refractivity contribution in [3.05, 3.63) is 40.4 Å². The van der Waals surface area contributed by atoms with E-state index in [1.807, 2.05) is 18.2 Å². The average molecular weight is 272 g/mol. The molecular weight excluding hydrogens is 252 g/mol. The molecule has 0 amide bonds. The lowest BCUT2D eigenvalue weighted by molar-refractivity contribution is 0.287. The Hall–Kier alpha value is -1.72. The van der Waals surface area contributed by atoms with Gasteiger partial charge in [-0.05, 0) is 38.6 Å². The standard InChI is InChI=1S/C15H20N4O/c1-19(9-11-5-4-8-16-11)10-14-17-13-7-3-2-6-12(13)15(20)18-14/h2-3,6-7,11,16H,4-5,8-10H2,1H3,(H,17,18,20). The van der Waals surface area contributed by atoms with Crippen LogP contribution in [-0.2, 0) is 6.54 Å². The number of benzene rings is 1. The summed E-state index contributed by atoms with van der Waals surface area (Å²) >= 11 is 0. The Balaban J connectivity index is 1.75. The van der Waals surface area contributed by atoms with Crippen LogP contribution in [0.4, 0.5) is 0 Å². The Morgan fingerprint density at radius 3 is 3.05 bits per heavy atom. The van der Waals surface area contributed by atoms with Crippen molar-refractivity contribution in [1.29, 1.82) is 0 Å². The topological polar surface area (TPSA) is 61.0 Å². The quantitative estimate of drug-likeness (QED) is 0.875. The molecule has 2 N–H and O–H groups in total. The molecule has 0 bridgehead atoms. The van der Waals surface area contributed by atoms with Gasteiger partial charge in [-0.3, -0.25) is 9.69 Å². The molecule has 0 spiro atoms. The van der Waals surface area contributed by atoms with Gasteiger partial charge in [0.15, 0.2) is 0 Å². The zero-order chi connectivity index (χ0) is 13.9. The van der Waals surface area contributed by atoms with Crippen LogP contribution in [0.15, 0.2) is 29.1 Å². The summed E-state index contributed by atoms with van der Waals surface area (Å²) in [6.07, 6.45) is 2.48. The highest BCUT2D eigenvalue weighted by atomic mass is 16.1. The van der Waals surface area contributed by atoms with Crippen LogP contribution in [0, 0.1) is 0 Å². The average Bonchev–Trinajstić information content (AvgIpc) is 2.91. The molecule has 1 fully saturated rings. The number of hydrogen-bond donors (Lipinski definition) is 2. The third-order valence-electron chi connectivity index (χ3n) is 3.78. The van der Waals surface area contributed by atoms with E-state index in [1.54, 1.807) is 6.07 Å². The molecule has 20 heavy (non-hydrogen) atoms. The summed E-state index contributed by atoms with van der Waals surface area (Å²) in [5.74, 6) is 0.731. The van der Waals surface area contributed by atoms with Gasteiger partial charge in [0.25, 0.3) is 5.56 Å². The summed E-state index contributed by atoms with van der Waals surface area (Å²) in [7, 11) is 2.06. The van der Waals surface area contributed by atoms with E-state index < -0.39 is 0 Å². The summed E-state index contributed by atoms with van der Waals surface area (Å²) in [6.45, 7) is 2.76. The van der Waals surface area contributed by atoms with Crippen molar-refractivity contribution in [2.45, 2.75) is 25.4 Å². The number of H-pyrrole nitrogens is 1. The molecule has 1 aliphatic rings.